The van der Waals surface area contributed by atoms with Gasteiger partial charge in [0.15, 0.2) is 0 Å². The largest absolute Gasteiger partial charge is 0.480 e. The zero-order chi connectivity index (χ0) is 15.6. The molecule has 0 aromatic rings. The zero-order valence-corrected chi connectivity index (χ0v) is 12.2. The number of carboxylic acid groups (broad SMARTS) is 1. The summed E-state index contributed by atoms with van der Waals surface area (Å²) in [5.41, 5.74) is 5.27. The molecule has 2 rings (SSSR count). The Balaban J connectivity index is 1.84. The van der Waals surface area contributed by atoms with Crippen LogP contribution in [0.1, 0.15) is 13.3 Å². The van der Waals surface area contributed by atoms with Crippen molar-refractivity contribution in [3.63, 3.8) is 0 Å². The van der Waals surface area contributed by atoms with Crippen molar-refractivity contribution in [1.82, 2.24) is 14.7 Å². The van der Waals surface area contributed by atoms with E-state index in [2.05, 4.69) is 0 Å². The van der Waals surface area contributed by atoms with E-state index in [4.69, 9.17) is 10.8 Å². The van der Waals surface area contributed by atoms with Crippen LogP contribution >= 0.6 is 0 Å². The van der Waals surface area contributed by atoms with Gasteiger partial charge >= 0.3 is 12.0 Å². The molecule has 3 N–H and O–H groups in total. The van der Waals surface area contributed by atoms with E-state index in [-0.39, 0.29) is 17.9 Å². The lowest BCUT2D eigenvalue weighted by atomic mass is 10.1. The quantitative estimate of drug-likeness (QED) is 0.695. The number of carbonyl (C=O) groups is 3. The molecule has 2 aliphatic rings. The van der Waals surface area contributed by atoms with Crippen molar-refractivity contribution in [2.45, 2.75) is 19.4 Å². The predicted octanol–water partition coefficient (Wildman–Crippen LogP) is -0.996. The second kappa shape index (κ2) is 6.30. The number of rotatable bonds is 3. The van der Waals surface area contributed by atoms with Crippen molar-refractivity contribution < 1.29 is 19.5 Å². The molecular weight excluding hydrogens is 276 g/mol. The minimum Gasteiger partial charge on any atom is -0.480 e. The van der Waals surface area contributed by atoms with Gasteiger partial charge in [-0.05, 0) is 13.3 Å². The molecule has 118 valence electrons. The van der Waals surface area contributed by atoms with E-state index in [9.17, 15) is 14.4 Å². The molecule has 0 bridgehead atoms. The Hall–Kier alpha value is -1.83. The van der Waals surface area contributed by atoms with E-state index in [0.717, 1.165) is 0 Å². The van der Waals surface area contributed by atoms with Gasteiger partial charge in [-0.1, -0.05) is 0 Å². The Labute approximate surface area is 123 Å². The number of hydrogen-bond donors (Lipinski definition) is 2. The van der Waals surface area contributed by atoms with Gasteiger partial charge in [0.25, 0.3) is 0 Å². The summed E-state index contributed by atoms with van der Waals surface area (Å²) >= 11 is 0. The second-order valence-electron chi connectivity index (χ2n) is 5.65. The third-order valence-corrected chi connectivity index (χ3v) is 4.35. The van der Waals surface area contributed by atoms with E-state index in [0.29, 0.717) is 45.7 Å². The average molecular weight is 298 g/mol. The average Bonchev–Trinajstić information content (AvgIpc) is 2.96. The lowest BCUT2D eigenvalue weighted by Crippen LogP contribution is -2.55. The minimum atomic E-state index is -0.849. The van der Waals surface area contributed by atoms with Crippen LogP contribution in [0.25, 0.3) is 0 Å². The van der Waals surface area contributed by atoms with Crippen molar-refractivity contribution in [3.8, 4) is 0 Å². The molecular formula is C13H22N4O4. The molecule has 0 radical (unpaired) electrons. The highest BCUT2D eigenvalue weighted by Crippen LogP contribution is 2.18. The molecule has 2 atom stereocenters. The number of likely N-dealkylation sites (tertiary alicyclic amines) is 1. The Morgan fingerprint density at radius 1 is 1.10 bits per heavy atom. The molecule has 0 aliphatic carbocycles. The predicted molar refractivity (Wildman–Crippen MR) is 74.5 cm³/mol. The summed E-state index contributed by atoms with van der Waals surface area (Å²) < 4.78 is 0. The smallest absolute Gasteiger partial charge is 0.320 e. The van der Waals surface area contributed by atoms with Crippen molar-refractivity contribution in [2.75, 3.05) is 39.3 Å². The molecule has 0 spiro atoms. The van der Waals surface area contributed by atoms with Crippen LogP contribution in [0, 0.1) is 5.92 Å². The van der Waals surface area contributed by atoms with Crippen molar-refractivity contribution in [2.24, 2.45) is 11.7 Å². The van der Waals surface area contributed by atoms with Crippen molar-refractivity contribution in [1.29, 1.82) is 0 Å². The van der Waals surface area contributed by atoms with Gasteiger partial charge in [-0.25, -0.2) is 4.79 Å². The van der Waals surface area contributed by atoms with E-state index in [1.165, 1.54) is 0 Å². The molecule has 8 nitrogen and oxygen atoms in total. The van der Waals surface area contributed by atoms with Crippen molar-refractivity contribution >= 4 is 17.9 Å². The number of piperazine rings is 1. The summed E-state index contributed by atoms with van der Waals surface area (Å²) in [5.74, 6) is -1.45. The summed E-state index contributed by atoms with van der Waals surface area (Å²) in [7, 11) is 0. The molecule has 2 aliphatic heterocycles. The highest BCUT2D eigenvalue weighted by Gasteiger charge is 2.34. The van der Waals surface area contributed by atoms with Crippen LogP contribution in [0.15, 0.2) is 0 Å². The number of primary amides is 1. The molecule has 2 unspecified atom stereocenters. The molecule has 2 fully saturated rings. The molecule has 2 saturated heterocycles. The lowest BCUT2D eigenvalue weighted by Gasteiger charge is -2.38. The van der Waals surface area contributed by atoms with Crippen LogP contribution in [0.4, 0.5) is 4.79 Å². The van der Waals surface area contributed by atoms with E-state index in [1.807, 2.05) is 4.90 Å². The SMILES string of the molecule is CC(C(=O)O)N1CCN(C(=O)N2CCC(C(N)=O)C2)CC1. The second-order valence-corrected chi connectivity index (χ2v) is 5.65. The van der Waals surface area contributed by atoms with E-state index >= 15 is 0 Å². The summed E-state index contributed by atoms with van der Waals surface area (Å²) in [6, 6.07) is -0.616. The number of aliphatic carboxylic acids is 1. The third-order valence-electron chi connectivity index (χ3n) is 4.35. The van der Waals surface area contributed by atoms with Crippen LogP contribution in [0.2, 0.25) is 0 Å². The Morgan fingerprint density at radius 3 is 2.19 bits per heavy atom. The van der Waals surface area contributed by atoms with Gasteiger partial charge in [0, 0.05) is 39.3 Å². The maximum Gasteiger partial charge on any atom is 0.320 e. The van der Waals surface area contributed by atoms with Gasteiger partial charge in [0.2, 0.25) is 5.91 Å². The van der Waals surface area contributed by atoms with Crippen LogP contribution in [0.5, 0.6) is 0 Å². The van der Waals surface area contributed by atoms with Crippen LogP contribution in [0.3, 0.4) is 0 Å². The maximum absolute atomic E-state index is 12.3. The fourth-order valence-corrected chi connectivity index (χ4v) is 2.82. The Kier molecular flexibility index (Phi) is 4.66. The number of hydrogen-bond acceptors (Lipinski definition) is 4. The first-order valence-electron chi connectivity index (χ1n) is 7.20. The molecule has 0 aromatic carbocycles. The minimum absolute atomic E-state index is 0.0821. The molecule has 0 saturated carbocycles. The highest BCUT2D eigenvalue weighted by molar-refractivity contribution is 5.80. The monoisotopic (exact) mass is 298 g/mol. The van der Waals surface area contributed by atoms with Gasteiger partial charge in [-0.2, -0.15) is 0 Å². The topological polar surface area (TPSA) is 107 Å². The van der Waals surface area contributed by atoms with Gasteiger partial charge in [-0.15, -0.1) is 0 Å². The van der Waals surface area contributed by atoms with Gasteiger partial charge in [0.1, 0.15) is 6.04 Å². The van der Waals surface area contributed by atoms with Crippen LogP contribution in [-0.2, 0) is 9.59 Å². The Bertz CT molecular complexity index is 434. The third kappa shape index (κ3) is 3.44. The van der Waals surface area contributed by atoms with Gasteiger partial charge in [0.05, 0.1) is 5.92 Å². The van der Waals surface area contributed by atoms with Crippen LogP contribution in [-0.4, -0.2) is 83.0 Å². The number of urea groups is 1. The fraction of sp³-hybridized carbons (Fsp3) is 0.769. The van der Waals surface area contributed by atoms with E-state index in [1.54, 1.807) is 16.7 Å². The molecule has 0 aromatic heterocycles. The number of carboxylic acids is 1. The standard InChI is InChI=1S/C13H22N4O4/c1-9(12(19)20)15-4-6-16(7-5-15)13(21)17-3-2-10(8-17)11(14)18/h9-10H,2-8H2,1H3,(H2,14,18)(H,19,20). The van der Waals surface area contributed by atoms with E-state index < -0.39 is 12.0 Å². The maximum atomic E-state index is 12.3. The van der Waals surface area contributed by atoms with Gasteiger partial charge in [-0.3, -0.25) is 14.5 Å². The fourth-order valence-electron chi connectivity index (χ4n) is 2.82. The van der Waals surface area contributed by atoms with Crippen molar-refractivity contribution in [3.05, 3.63) is 0 Å². The lowest BCUT2D eigenvalue weighted by molar-refractivity contribution is -0.143. The normalized spacial score (nSPS) is 24.9. The first-order chi connectivity index (χ1) is 9.90. The summed E-state index contributed by atoms with van der Waals surface area (Å²) in [4.78, 5) is 39.7. The first-order valence-corrected chi connectivity index (χ1v) is 7.20. The highest BCUT2D eigenvalue weighted by atomic mass is 16.4. The number of nitrogens with zero attached hydrogens (tertiary/aromatic N) is 3. The molecule has 2 heterocycles. The summed E-state index contributed by atoms with van der Waals surface area (Å²) in [5, 5.41) is 8.99. The Morgan fingerprint density at radius 2 is 1.71 bits per heavy atom. The molecule has 21 heavy (non-hydrogen) atoms. The number of amides is 3. The summed E-state index contributed by atoms with van der Waals surface area (Å²) in [6.07, 6.45) is 0.622. The molecule has 3 amide bonds. The van der Waals surface area contributed by atoms with Gasteiger partial charge < -0.3 is 20.6 Å². The number of carbonyl (C=O) groups excluding carboxylic acids is 2. The first kappa shape index (κ1) is 15.6. The summed E-state index contributed by atoms with van der Waals surface area (Å²) in [6.45, 7) is 4.71. The number of nitrogens with two attached hydrogens (primary N) is 1. The van der Waals surface area contributed by atoms with Crippen LogP contribution < -0.4 is 5.73 Å². The zero-order valence-electron chi connectivity index (χ0n) is 12.2. The molecule has 8 heteroatoms.